The molecule has 1 fully saturated rings. The number of oxazole rings is 1. The first-order valence-electron chi connectivity index (χ1n) is 6.06. The van der Waals surface area contributed by atoms with Crippen molar-refractivity contribution in [3.05, 3.63) is 17.3 Å². The summed E-state index contributed by atoms with van der Waals surface area (Å²) in [4.78, 5) is 7.00. The van der Waals surface area contributed by atoms with E-state index in [2.05, 4.69) is 29.0 Å². The zero-order chi connectivity index (χ0) is 11.5. The van der Waals surface area contributed by atoms with Crippen LogP contribution in [0.3, 0.4) is 0 Å². The first-order valence-corrected chi connectivity index (χ1v) is 6.06. The van der Waals surface area contributed by atoms with Gasteiger partial charge in [0.2, 0.25) is 0 Å². The van der Waals surface area contributed by atoms with Gasteiger partial charge in [0, 0.05) is 38.6 Å². The molecule has 1 saturated heterocycles. The summed E-state index contributed by atoms with van der Waals surface area (Å²) in [5.74, 6) is 2.21. The molecule has 0 radical (unpaired) electrons. The Hall–Kier alpha value is -0.870. The summed E-state index contributed by atoms with van der Waals surface area (Å²) in [6.07, 6.45) is 0. The molecule has 0 aliphatic carbocycles. The van der Waals surface area contributed by atoms with E-state index in [1.165, 1.54) is 0 Å². The second kappa shape index (κ2) is 4.97. The molecule has 1 N–H and O–H groups in total. The van der Waals surface area contributed by atoms with E-state index in [0.29, 0.717) is 5.92 Å². The van der Waals surface area contributed by atoms with Crippen LogP contribution in [0.5, 0.6) is 0 Å². The summed E-state index contributed by atoms with van der Waals surface area (Å²) >= 11 is 0. The van der Waals surface area contributed by atoms with Crippen LogP contribution in [0.15, 0.2) is 4.42 Å². The van der Waals surface area contributed by atoms with Gasteiger partial charge in [-0.2, -0.15) is 0 Å². The van der Waals surface area contributed by atoms with E-state index < -0.39 is 0 Å². The minimum atomic E-state index is 0.371. The molecule has 2 rings (SSSR count). The maximum atomic E-state index is 5.66. The van der Waals surface area contributed by atoms with E-state index in [4.69, 9.17) is 4.42 Å². The number of nitrogens with zero attached hydrogens (tertiary/aromatic N) is 2. The lowest BCUT2D eigenvalue weighted by atomic mass is 10.2. The summed E-state index contributed by atoms with van der Waals surface area (Å²) < 4.78 is 5.66. The number of hydrogen-bond acceptors (Lipinski definition) is 4. The number of nitrogens with one attached hydrogen (secondary N) is 1. The van der Waals surface area contributed by atoms with Crippen LogP contribution in [0.1, 0.15) is 37.1 Å². The molecule has 0 saturated carbocycles. The van der Waals surface area contributed by atoms with Gasteiger partial charge >= 0.3 is 0 Å². The number of rotatable bonds is 3. The van der Waals surface area contributed by atoms with Crippen LogP contribution in [0.2, 0.25) is 0 Å². The number of aryl methyl sites for hydroxylation is 1. The van der Waals surface area contributed by atoms with Gasteiger partial charge in [-0.05, 0) is 6.92 Å². The number of piperazine rings is 1. The van der Waals surface area contributed by atoms with Crippen molar-refractivity contribution in [2.75, 3.05) is 26.2 Å². The molecule has 0 amide bonds. The van der Waals surface area contributed by atoms with E-state index in [0.717, 1.165) is 50.1 Å². The third-order valence-corrected chi connectivity index (χ3v) is 2.99. The molecule has 0 atom stereocenters. The summed E-state index contributed by atoms with van der Waals surface area (Å²) in [6.45, 7) is 11.5. The second-order valence-corrected chi connectivity index (χ2v) is 4.74. The van der Waals surface area contributed by atoms with Crippen LogP contribution in [0.25, 0.3) is 0 Å². The molecule has 0 bridgehead atoms. The topological polar surface area (TPSA) is 41.3 Å². The molecule has 2 heterocycles. The van der Waals surface area contributed by atoms with Gasteiger partial charge in [0.25, 0.3) is 0 Å². The predicted octanol–water partition coefficient (Wildman–Crippen LogP) is 1.51. The van der Waals surface area contributed by atoms with Crippen LogP contribution >= 0.6 is 0 Å². The second-order valence-electron chi connectivity index (χ2n) is 4.74. The van der Waals surface area contributed by atoms with Crippen molar-refractivity contribution in [1.29, 1.82) is 0 Å². The van der Waals surface area contributed by atoms with Crippen molar-refractivity contribution >= 4 is 0 Å². The lowest BCUT2D eigenvalue weighted by Crippen LogP contribution is -2.43. The first kappa shape index (κ1) is 11.6. The fourth-order valence-corrected chi connectivity index (χ4v) is 1.93. The van der Waals surface area contributed by atoms with E-state index in [-0.39, 0.29) is 0 Å². The third-order valence-electron chi connectivity index (χ3n) is 2.99. The van der Waals surface area contributed by atoms with Gasteiger partial charge in [-0.1, -0.05) is 13.8 Å². The lowest BCUT2D eigenvalue weighted by molar-refractivity contribution is 0.230. The maximum Gasteiger partial charge on any atom is 0.197 e. The predicted molar refractivity (Wildman–Crippen MR) is 63.5 cm³/mol. The van der Waals surface area contributed by atoms with Gasteiger partial charge in [0.15, 0.2) is 5.89 Å². The van der Waals surface area contributed by atoms with Crippen LogP contribution in [0, 0.1) is 6.92 Å². The molecule has 4 heteroatoms. The zero-order valence-electron chi connectivity index (χ0n) is 10.4. The van der Waals surface area contributed by atoms with Crippen LogP contribution in [-0.4, -0.2) is 36.1 Å². The van der Waals surface area contributed by atoms with E-state index in [9.17, 15) is 0 Å². The zero-order valence-corrected chi connectivity index (χ0v) is 10.4. The van der Waals surface area contributed by atoms with Gasteiger partial charge in [-0.15, -0.1) is 0 Å². The molecule has 0 unspecified atom stereocenters. The Kier molecular flexibility index (Phi) is 3.61. The fourth-order valence-electron chi connectivity index (χ4n) is 1.93. The van der Waals surface area contributed by atoms with Crippen LogP contribution < -0.4 is 5.32 Å². The van der Waals surface area contributed by atoms with Crippen molar-refractivity contribution in [2.45, 2.75) is 33.2 Å². The average Bonchev–Trinajstić information content (AvgIpc) is 2.62. The molecule has 4 nitrogen and oxygen atoms in total. The van der Waals surface area contributed by atoms with Gasteiger partial charge in [-0.3, -0.25) is 4.90 Å². The standard InChI is InChI=1S/C12H21N3O/c1-9(2)12-14-11(10(3)16-12)8-15-6-4-13-5-7-15/h9,13H,4-8H2,1-3H3. The highest BCUT2D eigenvalue weighted by Gasteiger charge is 2.16. The van der Waals surface area contributed by atoms with Crippen molar-refractivity contribution in [3.63, 3.8) is 0 Å². The molecule has 1 aromatic heterocycles. The first-order chi connectivity index (χ1) is 7.66. The molecule has 1 aliphatic heterocycles. The smallest absolute Gasteiger partial charge is 0.197 e. The largest absolute Gasteiger partial charge is 0.445 e. The van der Waals surface area contributed by atoms with Crippen molar-refractivity contribution < 1.29 is 4.42 Å². The van der Waals surface area contributed by atoms with Crippen molar-refractivity contribution in [1.82, 2.24) is 15.2 Å². The highest BCUT2D eigenvalue weighted by molar-refractivity contribution is 5.09. The SMILES string of the molecule is Cc1oc(C(C)C)nc1CN1CCNCC1. The van der Waals surface area contributed by atoms with E-state index >= 15 is 0 Å². The summed E-state index contributed by atoms with van der Waals surface area (Å²) in [5.41, 5.74) is 1.10. The lowest BCUT2D eigenvalue weighted by Gasteiger charge is -2.26. The minimum Gasteiger partial charge on any atom is -0.445 e. The third kappa shape index (κ3) is 2.62. The Morgan fingerprint density at radius 2 is 2.06 bits per heavy atom. The Morgan fingerprint density at radius 3 is 2.62 bits per heavy atom. The summed E-state index contributed by atoms with van der Waals surface area (Å²) in [7, 11) is 0. The molecular weight excluding hydrogens is 202 g/mol. The minimum absolute atomic E-state index is 0.371. The highest BCUT2D eigenvalue weighted by atomic mass is 16.4. The van der Waals surface area contributed by atoms with Gasteiger partial charge in [0.05, 0.1) is 5.69 Å². The molecule has 90 valence electrons. The van der Waals surface area contributed by atoms with Crippen LogP contribution in [-0.2, 0) is 6.54 Å². The highest BCUT2D eigenvalue weighted by Crippen LogP contribution is 2.18. The fraction of sp³-hybridized carbons (Fsp3) is 0.750. The average molecular weight is 223 g/mol. The van der Waals surface area contributed by atoms with Gasteiger partial charge in [-0.25, -0.2) is 4.98 Å². The normalized spacial score (nSPS) is 18.2. The molecule has 0 aromatic carbocycles. The number of hydrogen-bond donors (Lipinski definition) is 1. The Morgan fingerprint density at radius 1 is 1.38 bits per heavy atom. The van der Waals surface area contributed by atoms with E-state index in [1.807, 2.05) is 6.92 Å². The molecule has 1 aromatic rings. The maximum absolute atomic E-state index is 5.66. The van der Waals surface area contributed by atoms with Gasteiger partial charge in [0.1, 0.15) is 5.76 Å². The quantitative estimate of drug-likeness (QED) is 0.843. The molecule has 1 aliphatic rings. The van der Waals surface area contributed by atoms with Crippen LogP contribution in [0.4, 0.5) is 0 Å². The Labute approximate surface area is 97.0 Å². The van der Waals surface area contributed by atoms with Gasteiger partial charge < -0.3 is 9.73 Å². The van der Waals surface area contributed by atoms with E-state index in [1.54, 1.807) is 0 Å². The molecular formula is C12H21N3O. The van der Waals surface area contributed by atoms with Crippen molar-refractivity contribution in [3.8, 4) is 0 Å². The summed E-state index contributed by atoms with van der Waals surface area (Å²) in [6, 6.07) is 0. The molecule has 0 spiro atoms. The summed E-state index contributed by atoms with van der Waals surface area (Å²) in [5, 5.41) is 3.35. The Balaban J connectivity index is 2.02. The number of aromatic nitrogens is 1. The Bertz CT molecular complexity index is 340. The van der Waals surface area contributed by atoms with Crippen molar-refractivity contribution in [2.24, 2.45) is 0 Å². The monoisotopic (exact) mass is 223 g/mol. The molecule has 16 heavy (non-hydrogen) atoms.